The summed E-state index contributed by atoms with van der Waals surface area (Å²) >= 11 is 0. The third-order valence-corrected chi connectivity index (χ3v) is 4.45. The Morgan fingerprint density at radius 2 is 1.88 bits per heavy atom. The van der Waals surface area contributed by atoms with Crippen molar-refractivity contribution in [1.29, 1.82) is 0 Å². The van der Waals surface area contributed by atoms with Crippen LogP contribution >= 0.6 is 0 Å². The molecule has 1 aromatic heterocycles. The lowest BCUT2D eigenvalue weighted by atomic mass is 10.2. The molecule has 148 valence electrons. The average molecular weight is 366 g/mol. The lowest BCUT2D eigenvalue weighted by Gasteiger charge is -2.29. The summed E-state index contributed by atoms with van der Waals surface area (Å²) in [7, 11) is 3.63. The van der Waals surface area contributed by atoms with E-state index < -0.39 is 0 Å². The highest BCUT2D eigenvalue weighted by Crippen LogP contribution is 2.10. The first-order valence-corrected chi connectivity index (χ1v) is 9.56. The van der Waals surface area contributed by atoms with Gasteiger partial charge in [-0.2, -0.15) is 0 Å². The van der Waals surface area contributed by atoms with E-state index in [0.29, 0.717) is 26.2 Å². The molecule has 0 bridgehead atoms. The summed E-state index contributed by atoms with van der Waals surface area (Å²) in [6, 6.07) is 4.01. The van der Waals surface area contributed by atoms with E-state index in [0.717, 1.165) is 25.0 Å². The molecule has 0 N–H and O–H groups in total. The second kappa shape index (κ2) is 11.7. The number of ether oxygens (including phenoxy) is 1. The first-order chi connectivity index (χ1) is 12.4. The lowest BCUT2D eigenvalue weighted by molar-refractivity contribution is -0.142. The zero-order chi connectivity index (χ0) is 19.5. The Balaban J connectivity index is 2.81. The third kappa shape index (κ3) is 7.20. The SMILES string of the molecule is CCCCN(Cc1cccn1C)C(=O)CN(CCCOC)C(=O)C(C)C. The fourth-order valence-electron chi connectivity index (χ4n) is 2.79. The second-order valence-corrected chi connectivity index (χ2v) is 7.04. The molecule has 0 spiro atoms. The number of hydrogen-bond donors (Lipinski definition) is 0. The number of aryl methyl sites for hydroxylation is 1. The van der Waals surface area contributed by atoms with Crippen molar-refractivity contribution in [3.05, 3.63) is 24.0 Å². The van der Waals surface area contributed by atoms with Crippen LogP contribution in [0.2, 0.25) is 0 Å². The van der Waals surface area contributed by atoms with Gasteiger partial charge in [-0.1, -0.05) is 27.2 Å². The van der Waals surface area contributed by atoms with Gasteiger partial charge in [0.1, 0.15) is 0 Å². The van der Waals surface area contributed by atoms with Crippen molar-refractivity contribution in [1.82, 2.24) is 14.4 Å². The van der Waals surface area contributed by atoms with Crippen LogP contribution < -0.4 is 0 Å². The van der Waals surface area contributed by atoms with Crippen molar-refractivity contribution in [3.63, 3.8) is 0 Å². The topological polar surface area (TPSA) is 54.8 Å². The van der Waals surface area contributed by atoms with E-state index in [1.807, 2.05) is 48.7 Å². The molecule has 0 atom stereocenters. The Morgan fingerprint density at radius 1 is 1.19 bits per heavy atom. The summed E-state index contributed by atoms with van der Waals surface area (Å²) in [6.07, 6.45) is 4.70. The van der Waals surface area contributed by atoms with E-state index in [1.165, 1.54) is 0 Å². The first kappa shape index (κ1) is 22.2. The van der Waals surface area contributed by atoms with Crippen molar-refractivity contribution in [2.45, 2.75) is 46.6 Å². The van der Waals surface area contributed by atoms with E-state index in [4.69, 9.17) is 4.74 Å². The zero-order valence-corrected chi connectivity index (χ0v) is 17.0. The molecule has 1 heterocycles. The molecule has 1 aromatic rings. The highest BCUT2D eigenvalue weighted by molar-refractivity contribution is 5.85. The van der Waals surface area contributed by atoms with Crippen LogP contribution in [0.5, 0.6) is 0 Å². The molecule has 1 rings (SSSR count). The molecule has 0 unspecified atom stereocenters. The van der Waals surface area contributed by atoms with Crippen molar-refractivity contribution in [2.24, 2.45) is 13.0 Å². The van der Waals surface area contributed by atoms with Gasteiger partial charge in [-0.15, -0.1) is 0 Å². The minimum absolute atomic E-state index is 0.00562. The van der Waals surface area contributed by atoms with E-state index in [9.17, 15) is 9.59 Å². The van der Waals surface area contributed by atoms with Gasteiger partial charge in [-0.05, 0) is 25.0 Å². The van der Waals surface area contributed by atoms with Crippen LogP contribution in [-0.2, 0) is 27.9 Å². The fraction of sp³-hybridized carbons (Fsp3) is 0.700. The van der Waals surface area contributed by atoms with Gasteiger partial charge in [0.25, 0.3) is 0 Å². The Kier molecular flexibility index (Phi) is 10.0. The van der Waals surface area contributed by atoms with Crippen LogP contribution in [0.3, 0.4) is 0 Å². The minimum atomic E-state index is -0.123. The zero-order valence-electron chi connectivity index (χ0n) is 17.0. The Labute approximate surface area is 158 Å². The Bertz CT molecular complexity index is 554. The summed E-state index contributed by atoms with van der Waals surface area (Å²) in [5, 5.41) is 0. The number of nitrogens with zero attached hydrogens (tertiary/aromatic N) is 3. The Morgan fingerprint density at radius 3 is 2.42 bits per heavy atom. The van der Waals surface area contributed by atoms with Gasteiger partial charge in [0, 0.05) is 51.7 Å². The van der Waals surface area contributed by atoms with Crippen LogP contribution in [0.4, 0.5) is 0 Å². The summed E-state index contributed by atoms with van der Waals surface area (Å²) in [6.45, 7) is 8.40. The summed E-state index contributed by atoms with van der Waals surface area (Å²) in [5.74, 6) is -0.0999. The highest BCUT2D eigenvalue weighted by Gasteiger charge is 2.23. The number of amides is 2. The van der Waals surface area contributed by atoms with Crippen molar-refractivity contribution in [2.75, 3.05) is 33.4 Å². The van der Waals surface area contributed by atoms with Gasteiger partial charge in [-0.3, -0.25) is 9.59 Å². The predicted octanol–water partition coefficient (Wildman–Crippen LogP) is 2.67. The van der Waals surface area contributed by atoms with Gasteiger partial charge in [0.15, 0.2) is 0 Å². The summed E-state index contributed by atoms with van der Waals surface area (Å²) in [4.78, 5) is 29.0. The fourth-order valence-corrected chi connectivity index (χ4v) is 2.79. The maximum Gasteiger partial charge on any atom is 0.242 e. The molecule has 0 radical (unpaired) electrons. The highest BCUT2D eigenvalue weighted by atomic mass is 16.5. The second-order valence-electron chi connectivity index (χ2n) is 7.04. The van der Waals surface area contributed by atoms with Gasteiger partial charge in [-0.25, -0.2) is 0 Å². The number of carbonyl (C=O) groups is 2. The number of hydrogen-bond acceptors (Lipinski definition) is 3. The summed E-state index contributed by atoms with van der Waals surface area (Å²) in [5.41, 5.74) is 1.09. The standard InChI is InChI=1S/C20H35N3O3/c1-6-7-12-22(15-18-10-8-11-21(18)4)19(24)16-23(13-9-14-26-5)20(25)17(2)3/h8,10-11,17H,6-7,9,12-16H2,1-5H3. The number of methoxy groups -OCH3 is 1. The summed E-state index contributed by atoms with van der Waals surface area (Å²) < 4.78 is 7.11. The van der Waals surface area contributed by atoms with Crippen LogP contribution in [-0.4, -0.2) is 59.5 Å². The van der Waals surface area contributed by atoms with Crippen molar-refractivity contribution < 1.29 is 14.3 Å². The van der Waals surface area contributed by atoms with Crippen molar-refractivity contribution >= 4 is 11.8 Å². The number of rotatable bonds is 12. The van der Waals surface area contributed by atoms with Gasteiger partial charge < -0.3 is 19.1 Å². The van der Waals surface area contributed by atoms with Crippen LogP contribution in [0.25, 0.3) is 0 Å². The van der Waals surface area contributed by atoms with E-state index in [-0.39, 0.29) is 24.3 Å². The van der Waals surface area contributed by atoms with E-state index >= 15 is 0 Å². The number of aromatic nitrogens is 1. The molecule has 26 heavy (non-hydrogen) atoms. The monoisotopic (exact) mass is 365 g/mol. The van der Waals surface area contributed by atoms with Crippen molar-refractivity contribution in [3.8, 4) is 0 Å². The molecule has 0 aliphatic rings. The molecule has 0 aliphatic heterocycles. The smallest absolute Gasteiger partial charge is 0.242 e. The molecular formula is C20H35N3O3. The molecular weight excluding hydrogens is 330 g/mol. The van der Waals surface area contributed by atoms with Gasteiger partial charge >= 0.3 is 0 Å². The molecule has 0 fully saturated rings. The maximum absolute atomic E-state index is 12.9. The molecule has 0 saturated carbocycles. The molecule has 0 aliphatic carbocycles. The van der Waals surface area contributed by atoms with Crippen LogP contribution in [0.1, 0.15) is 45.7 Å². The van der Waals surface area contributed by atoms with E-state index in [1.54, 1.807) is 12.0 Å². The van der Waals surface area contributed by atoms with E-state index in [2.05, 4.69) is 6.92 Å². The largest absolute Gasteiger partial charge is 0.385 e. The molecule has 6 heteroatoms. The first-order valence-electron chi connectivity index (χ1n) is 9.56. The third-order valence-electron chi connectivity index (χ3n) is 4.45. The number of carbonyl (C=O) groups excluding carboxylic acids is 2. The quantitative estimate of drug-likeness (QED) is 0.535. The Hall–Kier alpha value is -1.82. The molecule has 0 saturated heterocycles. The minimum Gasteiger partial charge on any atom is -0.385 e. The molecule has 2 amide bonds. The average Bonchev–Trinajstić information content (AvgIpc) is 3.01. The number of unbranched alkanes of at least 4 members (excludes halogenated alkanes) is 1. The maximum atomic E-state index is 12.9. The predicted molar refractivity (Wildman–Crippen MR) is 104 cm³/mol. The van der Waals surface area contributed by atoms with Crippen LogP contribution in [0.15, 0.2) is 18.3 Å². The molecule has 6 nitrogen and oxygen atoms in total. The van der Waals surface area contributed by atoms with Gasteiger partial charge in [0.2, 0.25) is 11.8 Å². The lowest BCUT2D eigenvalue weighted by Crippen LogP contribution is -2.45. The van der Waals surface area contributed by atoms with Gasteiger partial charge in [0.05, 0.1) is 13.1 Å². The normalized spacial score (nSPS) is 11.0. The molecule has 0 aromatic carbocycles. The van der Waals surface area contributed by atoms with Crippen LogP contribution in [0, 0.1) is 5.92 Å².